The van der Waals surface area contributed by atoms with Crippen LogP contribution in [0.1, 0.15) is 22.7 Å². The fourth-order valence-electron chi connectivity index (χ4n) is 3.57. The molecule has 28 heavy (non-hydrogen) atoms. The quantitative estimate of drug-likeness (QED) is 0.581. The van der Waals surface area contributed by atoms with Gasteiger partial charge in [-0.15, -0.1) is 0 Å². The molecule has 0 fully saturated rings. The van der Waals surface area contributed by atoms with Gasteiger partial charge in [-0.25, -0.2) is 13.6 Å². The molecule has 0 aromatic heterocycles. The maximum atomic E-state index is 14.0. The summed E-state index contributed by atoms with van der Waals surface area (Å²) in [7, 11) is 0. The number of nitrogens with one attached hydrogen (secondary N) is 1. The lowest BCUT2D eigenvalue weighted by molar-refractivity contribution is 0.194. The minimum Gasteiger partial charge on any atom is -0.313 e. The molecule has 3 nitrogen and oxygen atoms in total. The van der Waals surface area contributed by atoms with Crippen LogP contribution >= 0.6 is 11.6 Å². The van der Waals surface area contributed by atoms with E-state index in [-0.39, 0.29) is 11.7 Å². The average molecular weight is 399 g/mol. The number of carbonyl (C=O) groups is 1. The summed E-state index contributed by atoms with van der Waals surface area (Å²) < 4.78 is 27.1. The summed E-state index contributed by atoms with van der Waals surface area (Å²) >= 11 is 6.02. The summed E-state index contributed by atoms with van der Waals surface area (Å²) in [5, 5.41) is 3.18. The van der Waals surface area contributed by atoms with Gasteiger partial charge in [0.15, 0.2) is 0 Å². The molecular weight excluding hydrogens is 382 g/mol. The van der Waals surface area contributed by atoms with Crippen molar-refractivity contribution in [3.63, 3.8) is 0 Å². The Balaban J connectivity index is 1.70. The van der Waals surface area contributed by atoms with Crippen molar-refractivity contribution in [2.24, 2.45) is 0 Å². The monoisotopic (exact) mass is 398 g/mol. The Hall–Kier alpha value is -2.92. The van der Waals surface area contributed by atoms with E-state index >= 15 is 0 Å². The Morgan fingerprint density at radius 3 is 2.54 bits per heavy atom. The first kappa shape index (κ1) is 18.4. The standard InChI is InChI=1S/C22H17ClF2N2O/c23-16-7-5-15(6-8-16)21-18-4-2-1-3-14(18)11-12-27(21)22(28)26-20-10-9-17(24)13-19(20)25/h1-10,13,21H,11-12H2,(H,26,28). The van der Waals surface area contributed by atoms with Crippen LogP contribution in [0.2, 0.25) is 5.02 Å². The van der Waals surface area contributed by atoms with Gasteiger partial charge in [0.2, 0.25) is 0 Å². The number of fused-ring (bicyclic) bond motifs is 1. The van der Waals surface area contributed by atoms with Crippen LogP contribution in [0.5, 0.6) is 0 Å². The average Bonchev–Trinajstić information content (AvgIpc) is 2.70. The first-order valence-corrected chi connectivity index (χ1v) is 9.26. The second-order valence-electron chi connectivity index (χ2n) is 6.65. The Morgan fingerprint density at radius 2 is 1.79 bits per heavy atom. The fraction of sp³-hybridized carbons (Fsp3) is 0.136. The molecule has 0 bridgehead atoms. The topological polar surface area (TPSA) is 32.3 Å². The number of amides is 2. The summed E-state index contributed by atoms with van der Waals surface area (Å²) in [6.45, 7) is 0.471. The minimum absolute atomic E-state index is 0.0554. The van der Waals surface area contributed by atoms with Crippen LogP contribution in [0.25, 0.3) is 0 Å². The van der Waals surface area contributed by atoms with Crippen molar-refractivity contribution in [1.82, 2.24) is 4.90 Å². The summed E-state index contributed by atoms with van der Waals surface area (Å²) in [4.78, 5) is 14.7. The van der Waals surface area contributed by atoms with Crippen LogP contribution < -0.4 is 5.32 Å². The maximum Gasteiger partial charge on any atom is 0.322 e. The molecule has 1 unspecified atom stereocenters. The Labute approximate surface area is 166 Å². The van der Waals surface area contributed by atoms with Crippen molar-refractivity contribution in [2.75, 3.05) is 11.9 Å². The minimum atomic E-state index is -0.811. The van der Waals surface area contributed by atoms with Crippen molar-refractivity contribution in [3.8, 4) is 0 Å². The predicted molar refractivity (Wildman–Crippen MR) is 106 cm³/mol. The molecule has 142 valence electrons. The van der Waals surface area contributed by atoms with E-state index in [1.54, 1.807) is 17.0 Å². The lowest BCUT2D eigenvalue weighted by Crippen LogP contribution is -2.43. The molecule has 0 saturated heterocycles. The molecule has 3 aromatic rings. The first-order valence-electron chi connectivity index (χ1n) is 8.89. The van der Waals surface area contributed by atoms with Gasteiger partial charge in [0.05, 0.1) is 11.7 Å². The lowest BCUT2D eigenvalue weighted by atomic mass is 9.88. The van der Waals surface area contributed by atoms with Crippen LogP contribution in [0.15, 0.2) is 66.7 Å². The van der Waals surface area contributed by atoms with E-state index in [1.165, 1.54) is 11.6 Å². The third-order valence-electron chi connectivity index (χ3n) is 4.90. The largest absolute Gasteiger partial charge is 0.322 e. The molecule has 0 saturated carbocycles. The molecule has 1 heterocycles. The smallest absolute Gasteiger partial charge is 0.313 e. The molecule has 2 amide bonds. The molecule has 3 aromatic carbocycles. The maximum absolute atomic E-state index is 14.0. The fourth-order valence-corrected chi connectivity index (χ4v) is 3.69. The lowest BCUT2D eigenvalue weighted by Gasteiger charge is -2.37. The van der Waals surface area contributed by atoms with Gasteiger partial charge in [0, 0.05) is 17.6 Å². The first-order chi connectivity index (χ1) is 13.5. The molecule has 1 atom stereocenters. The van der Waals surface area contributed by atoms with E-state index in [0.717, 1.165) is 23.3 Å². The van der Waals surface area contributed by atoms with Gasteiger partial charge < -0.3 is 10.2 Å². The van der Waals surface area contributed by atoms with Crippen molar-refractivity contribution >= 4 is 23.3 Å². The number of nitrogens with zero attached hydrogens (tertiary/aromatic N) is 1. The van der Waals surface area contributed by atoms with Crippen LogP contribution in [0.3, 0.4) is 0 Å². The van der Waals surface area contributed by atoms with E-state index in [0.29, 0.717) is 18.0 Å². The molecule has 1 aliphatic heterocycles. The van der Waals surface area contributed by atoms with E-state index in [9.17, 15) is 13.6 Å². The predicted octanol–water partition coefficient (Wildman–Crippen LogP) is 5.80. The number of halogens is 3. The van der Waals surface area contributed by atoms with Gasteiger partial charge >= 0.3 is 6.03 Å². The number of rotatable bonds is 2. The SMILES string of the molecule is O=C(Nc1ccc(F)cc1F)N1CCc2ccccc2C1c1ccc(Cl)cc1. The zero-order valence-electron chi connectivity index (χ0n) is 14.8. The normalized spacial score (nSPS) is 15.8. The molecule has 0 spiro atoms. The van der Waals surface area contributed by atoms with Gasteiger partial charge in [0.1, 0.15) is 11.6 Å². The van der Waals surface area contributed by atoms with Crippen LogP contribution in [0, 0.1) is 11.6 Å². The number of hydrogen-bond acceptors (Lipinski definition) is 1. The Kier molecular flexibility index (Phi) is 5.01. The van der Waals surface area contributed by atoms with Gasteiger partial charge in [0.25, 0.3) is 0 Å². The highest BCUT2D eigenvalue weighted by Crippen LogP contribution is 2.36. The molecule has 1 N–H and O–H groups in total. The highest BCUT2D eigenvalue weighted by Gasteiger charge is 2.32. The van der Waals surface area contributed by atoms with Crippen LogP contribution in [0.4, 0.5) is 19.3 Å². The van der Waals surface area contributed by atoms with Gasteiger partial charge in [-0.2, -0.15) is 0 Å². The van der Waals surface area contributed by atoms with Crippen molar-refractivity contribution in [3.05, 3.63) is 100 Å². The van der Waals surface area contributed by atoms with E-state index in [1.807, 2.05) is 36.4 Å². The van der Waals surface area contributed by atoms with Gasteiger partial charge in [-0.05, 0) is 47.4 Å². The molecule has 0 radical (unpaired) electrons. The summed E-state index contributed by atoms with van der Waals surface area (Å²) in [5.41, 5.74) is 3.04. The molecular formula is C22H17ClF2N2O. The summed E-state index contributed by atoms with van der Waals surface area (Å²) in [5.74, 6) is -1.50. The van der Waals surface area contributed by atoms with E-state index in [4.69, 9.17) is 11.6 Å². The second kappa shape index (κ2) is 7.60. The van der Waals surface area contributed by atoms with Crippen molar-refractivity contribution in [2.45, 2.75) is 12.5 Å². The summed E-state index contributed by atoms with van der Waals surface area (Å²) in [6.07, 6.45) is 0.694. The number of hydrogen-bond donors (Lipinski definition) is 1. The third-order valence-corrected chi connectivity index (χ3v) is 5.15. The molecule has 6 heteroatoms. The van der Waals surface area contributed by atoms with Crippen molar-refractivity contribution in [1.29, 1.82) is 0 Å². The number of anilines is 1. The Bertz CT molecular complexity index is 1020. The molecule has 1 aliphatic rings. The third kappa shape index (κ3) is 3.58. The highest BCUT2D eigenvalue weighted by atomic mass is 35.5. The zero-order valence-corrected chi connectivity index (χ0v) is 15.6. The second-order valence-corrected chi connectivity index (χ2v) is 7.09. The van der Waals surface area contributed by atoms with Crippen molar-refractivity contribution < 1.29 is 13.6 Å². The number of carbonyl (C=O) groups excluding carboxylic acids is 1. The number of benzene rings is 3. The number of urea groups is 1. The Morgan fingerprint density at radius 1 is 1.04 bits per heavy atom. The van der Waals surface area contributed by atoms with Gasteiger partial charge in [-0.1, -0.05) is 48.0 Å². The van der Waals surface area contributed by atoms with E-state index in [2.05, 4.69) is 5.32 Å². The van der Waals surface area contributed by atoms with Crippen LogP contribution in [-0.4, -0.2) is 17.5 Å². The summed E-state index contributed by atoms with van der Waals surface area (Å²) in [6, 6.07) is 17.6. The molecule has 4 rings (SSSR count). The van der Waals surface area contributed by atoms with E-state index < -0.39 is 17.7 Å². The molecule has 0 aliphatic carbocycles. The highest BCUT2D eigenvalue weighted by molar-refractivity contribution is 6.30. The van der Waals surface area contributed by atoms with Gasteiger partial charge in [-0.3, -0.25) is 0 Å². The zero-order chi connectivity index (χ0) is 19.7. The van der Waals surface area contributed by atoms with Crippen LogP contribution in [-0.2, 0) is 6.42 Å².